The van der Waals surface area contributed by atoms with Crippen LogP contribution in [0.5, 0.6) is 5.75 Å². The van der Waals surface area contributed by atoms with Gasteiger partial charge < -0.3 is 14.5 Å². The lowest BCUT2D eigenvalue weighted by Gasteiger charge is -2.38. The summed E-state index contributed by atoms with van der Waals surface area (Å²) in [6.45, 7) is 11.8. The predicted octanol–water partition coefficient (Wildman–Crippen LogP) is 5.53. The molecule has 0 saturated carbocycles. The van der Waals surface area contributed by atoms with Gasteiger partial charge in [-0.1, -0.05) is 36.4 Å². The molecule has 0 spiro atoms. The lowest BCUT2D eigenvalue weighted by atomic mass is 10.00. The zero-order chi connectivity index (χ0) is 21.2. The number of hydrogen-bond acceptors (Lipinski definition) is 4. The third kappa shape index (κ3) is 3.73. The Bertz CT molecular complexity index is 1100. The highest BCUT2D eigenvalue weighted by atomic mass is 16.5. The van der Waals surface area contributed by atoms with Crippen LogP contribution in [0.15, 0.2) is 48.7 Å². The molecule has 0 radical (unpaired) electrons. The number of anilines is 1. The molecule has 2 saturated heterocycles. The smallest absolute Gasteiger partial charge is 0.187 e. The van der Waals surface area contributed by atoms with Crippen molar-refractivity contribution >= 4 is 22.3 Å². The topological polar surface area (TPSA) is 33.0 Å². The van der Waals surface area contributed by atoms with Crippen molar-refractivity contribution in [2.24, 2.45) is 0 Å². The highest BCUT2D eigenvalue weighted by molar-refractivity contribution is 5.99. The highest BCUT2D eigenvalue weighted by Crippen LogP contribution is 2.39. The summed E-state index contributed by atoms with van der Waals surface area (Å²) in [5, 5.41) is 1.04. The first-order chi connectivity index (χ1) is 15.3. The van der Waals surface area contributed by atoms with E-state index >= 15 is 0 Å². The number of likely N-dealkylation sites (tertiary alicyclic amines) is 1. The van der Waals surface area contributed by atoms with Gasteiger partial charge in [-0.25, -0.2) is 4.85 Å². The predicted molar refractivity (Wildman–Crippen MR) is 126 cm³/mol. The molecule has 0 atom stereocenters. The maximum Gasteiger partial charge on any atom is 0.187 e. The van der Waals surface area contributed by atoms with Crippen molar-refractivity contribution in [3.05, 3.63) is 60.1 Å². The second-order valence-electron chi connectivity index (χ2n) is 8.50. The largest absolute Gasteiger partial charge is 0.494 e. The normalized spacial score (nSPS) is 17.7. The summed E-state index contributed by atoms with van der Waals surface area (Å²) < 4.78 is 5.93. The van der Waals surface area contributed by atoms with Gasteiger partial charge in [-0.3, -0.25) is 4.98 Å². The number of para-hydroxylation sites is 1. The van der Waals surface area contributed by atoms with E-state index in [0.717, 1.165) is 52.6 Å². The molecule has 2 fully saturated rings. The average molecular weight is 413 g/mol. The average Bonchev–Trinajstić information content (AvgIpc) is 3.38. The van der Waals surface area contributed by atoms with E-state index in [1.807, 2.05) is 30.5 Å². The lowest BCUT2D eigenvalue weighted by molar-refractivity contribution is 0.207. The van der Waals surface area contributed by atoms with Crippen LogP contribution in [0.4, 0.5) is 11.4 Å². The van der Waals surface area contributed by atoms with E-state index in [2.05, 4.69) is 32.8 Å². The first kappa shape index (κ1) is 19.8. The number of aromatic nitrogens is 1. The molecule has 2 aromatic carbocycles. The Hall–Kier alpha value is -3.10. The van der Waals surface area contributed by atoms with Gasteiger partial charge in [-0.2, -0.15) is 0 Å². The van der Waals surface area contributed by atoms with Gasteiger partial charge in [0.15, 0.2) is 11.4 Å². The number of methoxy groups -OCH3 is 1. The third-order valence-electron chi connectivity index (χ3n) is 6.80. The number of fused-ring (bicyclic) bond motifs is 1. The summed E-state index contributed by atoms with van der Waals surface area (Å²) in [5.41, 5.74) is 4.80. The van der Waals surface area contributed by atoms with Crippen LogP contribution in [-0.4, -0.2) is 49.2 Å². The minimum absolute atomic E-state index is 0.647. The summed E-state index contributed by atoms with van der Waals surface area (Å²) in [5.74, 6) is 0.907. The first-order valence-corrected chi connectivity index (χ1v) is 11.2. The fourth-order valence-electron chi connectivity index (χ4n) is 5.16. The number of pyridine rings is 1. The summed E-state index contributed by atoms with van der Waals surface area (Å²) in [6, 6.07) is 14.7. The van der Waals surface area contributed by atoms with Gasteiger partial charge in [0.2, 0.25) is 0 Å². The van der Waals surface area contributed by atoms with E-state index in [1.54, 1.807) is 7.11 Å². The molecule has 5 rings (SSSR count). The highest BCUT2D eigenvalue weighted by Gasteiger charge is 2.28. The molecule has 0 aliphatic carbocycles. The molecule has 158 valence electrons. The quantitative estimate of drug-likeness (QED) is 0.528. The third-order valence-corrected chi connectivity index (χ3v) is 6.80. The Balaban J connectivity index is 1.46. The van der Waals surface area contributed by atoms with Crippen LogP contribution >= 0.6 is 0 Å². The summed E-state index contributed by atoms with van der Waals surface area (Å²) >= 11 is 0. The standard InChI is InChI=1S/C26H28N4O/c1-27-20-10-8-19(9-11-20)22-6-5-7-23-25(22)28-18-24(26(23)31-2)30-16-12-21(13-17-30)29-14-3-4-15-29/h5-11,18,21H,3-4,12-17H2,2H3. The molecule has 0 unspecified atom stereocenters. The molecule has 0 amide bonds. The molecular weight excluding hydrogens is 384 g/mol. The number of nitrogens with zero attached hydrogens (tertiary/aromatic N) is 4. The Morgan fingerprint density at radius 3 is 2.42 bits per heavy atom. The SMILES string of the molecule is [C-]#[N+]c1ccc(-c2cccc3c(OC)c(N4CCC(N5CCCC5)CC4)cnc23)cc1. The van der Waals surface area contributed by atoms with Crippen LogP contribution in [-0.2, 0) is 0 Å². The second-order valence-corrected chi connectivity index (χ2v) is 8.50. The van der Waals surface area contributed by atoms with Gasteiger partial charge in [0.1, 0.15) is 0 Å². The molecule has 3 aromatic rings. The first-order valence-electron chi connectivity index (χ1n) is 11.2. The van der Waals surface area contributed by atoms with E-state index in [1.165, 1.54) is 38.8 Å². The molecular formula is C26H28N4O. The molecule has 5 heteroatoms. The van der Waals surface area contributed by atoms with Crippen LogP contribution < -0.4 is 9.64 Å². The number of benzene rings is 2. The second kappa shape index (κ2) is 8.56. The van der Waals surface area contributed by atoms with Crippen molar-refractivity contribution in [2.75, 3.05) is 38.2 Å². The van der Waals surface area contributed by atoms with E-state index in [9.17, 15) is 0 Å². The van der Waals surface area contributed by atoms with Gasteiger partial charge >= 0.3 is 0 Å². The van der Waals surface area contributed by atoms with Crippen LogP contribution in [0, 0.1) is 6.57 Å². The van der Waals surface area contributed by atoms with Gasteiger partial charge in [-0.05, 0) is 50.4 Å². The van der Waals surface area contributed by atoms with Crippen molar-refractivity contribution in [3.8, 4) is 16.9 Å². The maximum atomic E-state index is 7.17. The molecule has 2 aliphatic heterocycles. The van der Waals surface area contributed by atoms with Crippen LogP contribution in [0.25, 0.3) is 26.9 Å². The minimum atomic E-state index is 0.647. The van der Waals surface area contributed by atoms with Gasteiger partial charge in [-0.15, -0.1) is 0 Å². The number of ether oxygens (including phenoxy) is 1. The van der Waals surface area contributed by atoms with E-state index in [0.29, 0.717) is 5.69 Å². The van der Waals surface area contributed by atoms with E-state index in [-0.39, 0.29) is 0 Å². The van der Waals surface area contributed by atoms with Gasteiger partial charge in [0, 0.05) is 30.1 Å². The molecule has 1 aromatic heterocycles. The summed E-state index contributed by atoms with van der Waals surface area (Å²) in [7, 11) is 1.76. The lowest BCUT2D eigenvalue weighted by Crippen LogP contribution is -2.44. The minimum Gasteiger partial charge on any atom is -0.494 e. The zero-order valence-electron chi connectivity index (χ0n) is 18.1. The Kier molecular flexibility index (Phi) is 5.48. The number of rotatable bonds is 4. The van der Waals surface area contributed by atoms with Crippen molar-refractivity contribution < 1.29 is 4.74 Å². The Morgan fingerprint density at radius 2 is 1.74 bits per heavy atom. The monoisotopic (exact) mass is 412 g/mol. The molecule has 0 bridgehead atoms. The number of piperidine rings is 1. The summed E-state index contributed by atoms with van der Waals surface area (Å²) in [6.07, 6.45) is 7.09. The molecule has 0 N–H and O–H groups in total. The maximum absolute atomic E-state index is 7.17. The van der Waals surface area contributed by atoms with Crippen molar-refractivity contribution in [3.63, 3.8) is 0 Å². The zero-order valence-corrected chi connectivity index (χ0v) is 18.1. The molecule has 31 heavy (non-hydrogen) atoms. The van der Waals surface area contributed by atoms with E-state index < -0.39 is 0 Å². The van der Waals surface area contributed by atoms with Gasteiger partial charge in [0.25, 0.3) is 0 Å². The van der Waals surface area contributed by atoms with Gasteiger partial charge in [0.05, 0.1) is 31.1 Å². The van der Waals surface area contributed by atoms with Crippen LogP contribution in [0.1, 0.15) is 25.7 Å². The fourth-order valence-corrected chi connectivity index (χ4v) is 5.16. The molecule has 3 heterocycles. The Morgan fingerprint density at radius 1 is 1.00 bits per heavy atom. The van der Waals surface area contributed by atoms with Crippen molar-refractivity contribution in [1.29, 1.82) is 0 Å². The van der Waals surface area contributed by atoms with E-state index in [4.69, 9.17) is 16.3 Å². The number of hydrogen-bond donors (Lipinski definition) is 0. The Labute approximate surface area is 184 Å². The fraction of sp³-hybridized carbons (Fsp3) is 0.385. The molecule has 5 nitrogen and oxygen atoms in total. The molecule has 2 aliphatic rings. The van der Waals surface area contributed by atoms with Crippen molar-refractivity contribution in [2.45, 2.75) is 31.7 Å². The summed E-state index contributed by atoms with van der Waals surface area (Å²) in [4.78, 5) is 13.5. The van der Waals surface area contributed by atoms with Crippen LogP contribution in [0.3, 0.4) is 0 Å². The van der Waals surface area contributed by atoms with Crippen LogP contribution in [0.2, 0.25) is 0 Å². The van der Waals surface area contributed by atoms with Crippen molar-refractivity contribution in [1.82, 2.24) is 9.88 Å².